The first-order valence-electron chi connectivity index (χ1n) is 8.57. The lowest BCUT2D eigenvalue weighted by Gasteiger charge is -2.31. The molecule has 23 heavy (non-hydrogen) atoms. The summed E-state index contributed by atoms with van der Waals surface area (Å²) in [5, 5.41) is 0.288. The van der Waals surface area contributed by atoms with Gasteiger partial charge >= 0.3 is 0 Å². The third-order valence-electron chi connectivity index (χ3n) is 4.66. The summed E-state index contributed by atoms with van der Waals surface area (Å²) in [6.07, 6.45) is 1.91. The van der Waals surface area contributed by atoms with Gasteiger partial charge in [-0.1, -0.05) is 70.1 Å². The molecule has 0 radical (unpaired) electrons. The Morgan fingerprint density at radius 1 is 1.13 bits per heavy atom. The lowest BCUT2D eigenvalue weighted by Crippen LogP contribution is -2.35. The molecule has 0 saturated carbocycles. The Labute approximate surface area is 144 Å². The number of ether oxygens (including phenoxy) is 1. The summed E-state index contributed by atoms with van der Waals surface area (Å²) in [5.41, 5.74) is 6.02. The summed E-state index contributed by atoms with van der Waals surface area (Å²) in [7, 11) is -1.57. The Bertz CT molecular complexity index is 580. The monoisotopic (exact) mass is 328 g/mol. The van der Waals surface area contributed by atoms with Gasteiger partial charge < -0.3 is 4.74 Å². The van der Waals surface area contributed by atoms with Crippen molar-refractivity contribution < 1.29 is 4.74 Å². The van der Waals surface area contributed by atoms with Crippen LogP contribution in [0.25, 0.3) is 0 Å². The van der Waals surface area contributed by atoms with Crippen molar-refractivity contribution in [1.29, 1.82) is 0 Å². The van der Waals surface area contributed by atoms with Crippen molar-refractivity contribution in [2.75, 3.05) is 6.61 Å². The molecule has 0 saturated heterocycles. The molecule has 0 aliphatic carbocycles. The van der Waals surface area contributed by atoms with Crippen molar-refractivity contribution in [3.05, 3.63) is 47.2 Å². The van der Waals surface area contributed by atoms with Gasteiger partial charge in [0.2, 0.25) is 0 Å². The molecule has 0 fully saturated rings. The maximum absolute atomic E-state index is 5.87. The number of hydrogen-bond acceptors (Lipinski definition) is 1. The molecule has 0 aromatic heterocycles. The van der Waals surface area contributed by atoms with E-state index in [2.05, 4.69) is 82.6 Å². The molecule has 1 nitrogen and oxygen atoms in total. The van der Waals surface area contributed by atoms with Gasteiger partial charge in [-0.15, -0.1) is 5.54 Å². The highest BCUT2D eigenvalue weighted by molar-refractivity contribution is 6.87. The SMILES string of the molecule is CCO/C(CCc1ccccc1)=C(/C)C#C[Si](C)(C)C(C)(C)C. The van der Waals surface area contributed by atoms with E-state index in [-0.39, 0.29) is 5.04 Å². The van der Waals surface area contributed by atoms with Crippen LogP contribution < -0.4 is 0 Å². The quantitative estimate of drug-likeness (QED) is 0.367. The summed E-state index contributed by atoms with van der Waals surface area (Å²) in [4.78, 5) is 0. The van der Waals surface area contributed by atoms with Crippen LogP contribution in [0.4, 0.5) is 0 Å². The van der Waals surface area contributed by atoms with Gasteiger partial charge in [-0.25, -0.2) is 0 Å². The molecule has 0 heterocycles. The van der Waals surface area contributed by atoms with Crippen molar-refractivity contribution in [1.82, 2.24) is 0 Å². The highest BCUT2D eigenvalue weighted by Crippen LogP contribution is 2.35. The van der Waals surface area contributed by atoms with Crippen molar-refractivity contribution in [3.63, 3.8) is 0 Å². The van der Waals surface area contributed by atoms with Gasteiger partial charge in [0.1, 0.15) is 13.8 Å². The zero-order chi connectivity index (χ0) is 17.5. The molecule has 0 amide bonds. The van der Waals surface area contributed by atoms with Gasteiger partial charge in [-0.05, 0) is 30.9 Å². The molecule has 0 aliphatic heterocycles. The molecule has 1 aromatic rings. The van der Waals surface area contributed by atoms with E-state index in [1.165, 1.54) is 5.56 Å². The third-order valence-corrected chi connectivity index (χ3v) is 9.16. The van der Waals surface area contributed by atoms with E-state index in [9.17, 15) is 0 Å². The van der Waals surface area contributed by atoms with E-state index in [1.807, 2.05) is 6.92 Å². The fraction of sp³-hybridized carbons (Fsp3) is 0.524. The predicted molar refractivity (Wildman–Crippen MR) is 104 cm³/mol. The van der Waals surface area contributed by atoms with Crippen LogP contribution in [-0.2, 0) is 11.2 Å². The second-order valence-corrected chi connectivity index (χ2v) is 12.6. The number of aryl methyl sites for hydroxylation is 1. The van der Waals surface area contributed by atoms with Crippen molar-refractivity contribution in [3.8, 4) is 11.5 Å². The molecule has 0 aliphatic rings. The summed E-state index contributed by atoms with van der Waals surface area (Å²) < 4.78 is 5.87. The average Bonchev–Trinajstić information content (AvgIpc) is 2.49. The van der Waals surface area contributed by atoms with Crippen LogP contribution in [-0.4, -0.2) is 14.7 Å². The van der Waals surface area contributed by atoms with E-state index in [0.29, 0.717) is 6.61 Å². The zero-order valence-electron chi connectivity index (χ0n) is 15.9. The first kappa shape index (κ1) is 19.6. The van der Waals surface area contributed by atoms with E-state index in [4.69, 9.17) is 4.74 Å². The number of hydrogen-bond donors (Lipinski definition) is 0. The Hall–Kier alpha value is -1.46. The molecule has 0 bridgehead atoms. The van der Waals surface area contributed by atoms with Gasteiger partial charge in [0.05, 0.1) is 6.61 Å². The van der Waals surface area contributed by atoms with Gasteiger partial charge in [0.25, 0.3) is 0 Å². The van der Waals surface area contributed by atoms with Crippen LogP contribution in [0.5, 0.6) is 0 Å². The van der Waals surface area contributed by atoms with Crippen LogP contribution in [0, 0.1) is 11.5 Å². The van der Waals surface area contributed by atoms with E-state index in [1.54, 1.807) is 0 Å². The van der Waals surface area contributed by atoms with Gasteiger partial charge in [0, 0.05) is 12.0 Å². The standard InChI is InChI=1S/C21H32OSi/c1-8-22-20(15-14-19-12-10-9-11-13-19)18(2)16-17-23(6,7)21(3,4)5/h9-13H,8,14-15H2,1-7H3/b20-18-. The Kier molecular flexibility index (Phi) is 7.16. The number of rotatable bonds is 5. The lowest BCUT2D eigenvalue weighted by atomic mass is 10.1. The smallest absolute Gasteiger partial charge is 0.138 e. The minimum atomic E-state index is -1.57. The van der Waals surface area contributed by atoms with Crippen molar-refractivity contribution in [2.24, 2.45) is 0 Å². The van der Waals surface area contributed by atoms with Crippen LogP contribution in [0.3, 0.4) is 0 Å². The maximum Gasteiger partial charge on any atom is 0.138 e. The van der Waals surface area contributed by atoms with Crippen molar-refractivity contribution in [2.45, 2.75) is 65.6 Å². The minimum absolute atomic E-state index is 0.288. The van der Waals surface area contributed by atoms with Crippen LogP contribution in [0.15, 0.2) is 41.7 Å². The molecule has 1 aromatic carbocycles. The molecule has 0 N–H and O–H groups in total. The second kappa shape index (κ2) is 8.41. The topological polar surface area (TPSA) is 9.23 Å². The fourth-order valence-electron chi connectivity index (χ4n) is 1.95. The van der Waals surface area contributed by atoms with Crippen molar-refractivity contribution >= 4 is 8.07 Å². The molecular formula is C21H32OSi. The first-order chi connectivity index (χ1) is 10.7. The number of allylic oxidation sites excluding steroid dienone is 2. The highest BCUT2D eigenvalue weighted by Gasteiger charge is 2.33. The lowest BCUT2D eigenvalue weighted by molar-refractivity contribution is 0.216. The Morgan fingerprint density at radius 2 is 1.74 bits per heavy atom. The summed E-state index contributed by atoms with van der Waals surface area (Å²) in [6.45, 7) is 16.4. The van der Waals surface area contributed by atoms with E-state index in [0.717, 1.165) is 24.2 Å². The molecule has 0 unspecified atom stereocenters. The molecule has 2 heteroatoms. The van der Waals surface area contributed by atoms with Crippen LogP contribution >= 0.6 is 0 Å². The normalized spacial score (nSPS) is 13.0. The summed E-state index contributed by atoms with van der Waals surface area (Å²) >= 11 is 0. The highest BCUT2D eigenvalue weighted by atomic mass is 28.3. The van der Waals surface area contributed by atoms with E-state index < -0.39 is 8.07 Å². The maximum atomic E-state index is 5.87. The minimum Gasteiger partial charge on any atom is -0.497 e. The van der Waals surface area contributed by atoms with Gasteiger partial charge in [-0.2, -0.15) is 0 Å². The zero-order valence-corrected chi connectivity index (χ0v) is 16.9. The second-order valence-electron chi connectivity index (χ2n) is 7.59. The molecule has 1 rings (SSSR count). The van der Waals surface area contributed by atoms with Crippen LogP contribution in [0.2, 0.25) is 18.1 Å². The third kappa shape index (κ3) is 6.27. The Balaban J connectivity index is 2.91. The average molecular weight is 329 g/mol. The first-order valence-corrected chi connectivity index (χ1v) is 11.6. The predicted octanol–water partition coefficient (Wildman–Crippen LogP) is 5.98. The molecule has 0 spiro atoms. The molecule has 0 atom stereocenters. The molecule has 126 valence electrons. The molecular weight excluding hydrogens is 296 g/mol. The van der Waals surface area contributed by atoms with Crippen LogP contribution in [0.1, 0.15) is 46.6 Å². The number of benzene rings is 1. The Morgan fingerprint density at radius 3 is 2.26 bits per heavy atom. The van der Waals surface area contributed by atoms with E-state index >= 15 is 0 Å². The fourth-order valence-corrected chi connectivity index (χ4v) is 2.83. The van der Waals surface area contributed by atoms with Gasteiger partial charge in [-0.3, -0.25) is 0 Å². The largest absolute Gasteiger partial charge is 0.497 e. The van der Waals surface area contributed by atoms with Gasteiger partial charge in [0.15, 0.2) is 0 Å². The summed E-state index contributed by atoms with van der Waals surface area (Å²) in [5.74, 6) is 4.46. The summed E-state index contributed by atoms with van der Waals surface area (Å²) in [6, 6.07) is 10.6.